The van der Waals surface area contributed by atoms with Crippen LogP contribution in [-0.4, -0.2) is 9.55 Å². The quantitative estimate of drug-likeness (QED) is 0.868. The lowest BCUT2D eigenvalue weighted by molar-refractivity contribution is 0.292. The molecule has 0 radical (unpaired) electrons. The van der Waals surface area contributed by atoms with Gasteiger partial charge in [0, 0.05) is 11.5 Å². The fourth-order valence-electron chi connectivity index (χ4n) is 1.24. The molecule has 0 saturated carbocycles. The number of hydrogen-bond acceptors (Lipinski definition) is 2. The van der Waals surface area contributed by atoms with Crippen molar-refractivity contribution in [2.75, 3.05) is 0 Å². The number of hydrogen-bond donors (Lipinski definition) is 0. The Bertz CT molecular complexity index is 481. The predicted octanol–water partition coefficient (Wildman–Crippen LogP) is 3.42. The average Bonchev–Trinajstić information content (AvgIpc) is 2.60. The van der Waals surface area contributed by atoms with Crippen LogP contribution in [0.3, 0.4) is 0 Å². The summed E-state index contributed by atoms with van der Waals surface area (Å²) in [5, 5.41) is 0.606. The minimum atomic E-state index is 0.408. The fourth-order valence-corrected chi connectivity index (χ4v) is 1.65. The van der Waals surface area contributed by atoms with Crippen LogP contribution in [0, 0.1) is 0 Å². The van der Waals surface area contributed by atoms with Gasteiger partial charge in [0.15, 0.2) is 0 Å². The van der Waals surface area contributed by atoms with Gasteiger partial charge >= 0.3 is 0 Å². The molecule has 1 aromatic heterocycles. The van der Waals surface area contributed by atoms with Gasteiger partial charge in [0.1, 0.15) is 23.3 Å². The van der Waals surface area contributed by atoms with Gasteiger partial charge in [-0.2, -0.15) is 0 Å². The molecule has 84 valence electrons. The summed E-state index contributed by atoms with van der Waals surface area (Å²) >= 11 is 9.24. The zero-order valence-electron chi connectivity index (χ0n) is 8.65. The lowest BCUT2D eigenvalue weighted by Crippen LogP contribution is -2.03. The number of aromatic nitrogens is 2. The Morgan fingerprint density at radius 2 is 2.06 bits per heavy atom. The van der Waals surface area contributed by atoms with Crippen molar-refractivity contribution >= 4 is 27.5 Å². The molecule has 0 fully saturated rings. The third kappa shape index (κ3) is 2.57. The van der Waals surface area contributed by atoms with Crippen LogP contribution < -0.4 is 4.74 Å². The summed E-state index contributed by atoms with van der Waals surface area (Å²) in [5.41, 5.74) is 0. The standard InChI is InChI=1S/C11H10BrClN2O/c1-15-10(13)6-14-11(15)7-16-9-4-2-8(12)3-5-9/h2-6H,7H2,1H3. The van der Waals surface area contributed by atoms with E-state index in [-0.39, 0.29) is 0 Å². The van der Waals surface area contributed by atoms with Crippen LogP contribution >= 0.6 is 27.5 Å². The minimum Gasteiger partial charge on any atom is -0.486 e. The molecule has 0 amide bonds. The van der Waals surface area contributed by atoms with Crippen LogP contribution in [0.1, 0.15) is 5.82 Å². The van der Waals surface area contributed by atoms with Gasteiger partial charge in [-0.05, 0) is 24.3 Å². The number of benzene rings is 1. The number of nitrogens with zero attached hydrogens (tertiary/aromatic N) is 2. The predicted molar refractivity (Wildman–Crippen MR) is 66.7 cm³/mol. The fraction of sp³-hybridized carbons (Fsp3) is 0.182. The zero-order chi connectivity index (χ0) is 11.5. The summed E-state index contributed by atoms with van der Waals surface area (Å²) in [4.78, 5) is 4.14. The van der Waals surface area contributed by atoms with Crippen LogP contribution in [0.5, 0.6) is 5.75 Å². The SMILES string of the molecule is Cn1c(Cl)cnc1COc1ccc(Br)cc1. The molecule has 0 bridgehead atoms. The van der Waals surface area contributed by atoms with E-state index >= 15 is 0 Å². The highest BCUT2D eigenvalue weighted by molar-refractivity contribution is 9.10. The molecule has 3 nitrogen and oxygen atoms in total. The topological polar surface area (TPSA) is 27.1 Å². The first-order chi connectivity index (χ1) is 7.66. The van der Waals surface area contributed by atoms with Gasteiger partial charge in [0.2, 0.25) is 0 Å². The first kappa shape index (κ1) is 11.5. The van der Waals surface area contributed by atoms with Gasteiger partial charge in [-0.1, -0.05) is 27.5 Å². The Kier molecular flexibility index (Phi) is 3.51. The maximum absolute atomic E-state index is 5.87. The van der Waals surface area contributed by atoms with Crippen LogP contribution in [0.4, 0.5) is 0 Å². The Labute approximate surface area is 107 Å². The summed E-state index contributed by atoms with van der Waals surface area (Å²) < 4.78 is 8.40. The van der Waals surface area contributed by atoms with E-state index in [0.29, 0.717) is 11.8 Å². The second-order valence-corrected chi connectivity index (χ2v) is 4.60. The van der Waals surface area contributed by atoms with Gasteiger partial charge in [-0.3, -0.25) is 0 Å². The third-order valence-corrected chi connectivity index (χ3v) is 3.09. The zero-order valence-corrected chi connectivity index (χ0v) is 11.0. The van der Waals surface area contributed by atoms with Gasteiger partial charge in [-0.25, -0.2) is 4.98 Å². The van der Waals surface area contributed by atoms with E-state index in [0.717, 1.165) is 16.0 Å². The molecular formula is C11H10BrClN2O. The molecule has 1 aromatic carbocycles. The maximum atomic E-state index is 5.87. The lowest BCUT2D eigenvalue weighted by Gasteiger charge is -2.06. The monoisotopic (exact) mass is 300 g/mol. The van der Waals surface area contributed by atoms with E-state index in [1.807, 2.05) is 31.3 Å². The van der Waals surface area contributed by atoms with Gasteiger partial charge < -0.3 is 9.30 Å². The largest absolute Gasteiger partial charge is 0.486 e. The van der Waals surface area contributed by atoms with Crippen molar-refractivity contribution in [2.45, 2.75) is 6.61 Å². The van der Waals surface area contributed by atoms with E-state index in [2.05, 4.69) is 20.9 Å². The molecule has 0 aliphatic heterocycles. The van der Waals surface area contributed by atoms with Crippen LogP contribution in [0.15, 0.2) is 34.9 Å². The summed E-state index contributed by atoms with van der Waals surface area (Å²) in [5.74, 6) is 1.61. The molecule has 0 unspecified atom stereocenters. The van der Waals surface area contributed by atoms with Crippen molar-refractivity contribution in [2.24, 2.45) is 7.05 Å². The highest BCUT2D eigenvalue weighted by Crippen LogP contribution is 2.17. The average molecular weight is 302 g/mol. The second-order valence-electron chi connectivity index (χ2n) is 3.30. The first-order valence-electron chi connectivity index (χ1n) is 4.71. The van der Waals surface area contributed by atoms with Crippen molar-refractivity contribution in [1.82, 2.24) is 9.55 Å². The van der Waals surface area contributed by atoms with Gasteiger partial charge in [0.25, 0.3) is 0 Å². The van der Waals surface area contributed by atoms with Crippen LogP contribution in [0.25, 0.3) is 0 Å². The molecule has 0 spiro atoms. The molecular weight excluding hydrogens is 291 g/mol. The van der Waals surface area contributed by atoms with Crippen LogP contribution in [0.2, 0.25) is 5.15 Å². The van der Waals surface area contributed by atoms with E-state index in [4.69, 9.17) is 16.3 Å². The van der Waals surface area contributed by atoms with Crippen LogP contribution in [-0.2, 0) is 13.7 Å². The normalized spacial score (nSPS) is 10.4. The highest BCUT2D eigenvalue weighted by atomic mass is 79.9. The molecule has 5 heteroatoms. The first-order valence-corrected chi connectivity index (χ1v) is 5.88. The summed E-state index contributed by atoms with van der Waals surface area (Å²) in [7, 11) is 1.86. The van der Waals surface area contributed by atoms with Crippen molar-refractivity contribution < 1.29 is 4.74 Å². The molecule has 0 aliphatic rings. The van der Waals surface area contributed by atoms with E-state index in [1.54, 1.807) is 10.8 Å². The Balaban J connectivity index is 2.02. The number of rotatable bonds is 3. The molecule has 0 aliphatic carbocycles. The number of ether oxygens (including phenoxy) is 1. The van der Waals surface area contributed by atoms with E-state index < -0.39 is 0 Å². The Morgan fingerprint density at radius 1 is 1.38 bits per heavy atom. The molecule has 2 rings (SSSR count). The van der Waals surface area contributed by atoms with Crippen molar-refractivity contribution in [1.29, 1.82) is 0 Å². The second kappa shape index (κ2) is 4.89. The maximum Gasteiger partial charge on any atom is 0.147 e. The molecule has 2 aromatic rings. The Morgan fingerprint density at radius 3 is 2.62 bits per heavy atom. The minimum absolute atomic E-state index is 0.408. The number of halogens is 2. The van der Waals surface area contributed by atoms with Crippen molar-refractivity contribution in [3.05, 3.63) is 45.9 Å². The van der Waals surface area contributed by atoms with E-state index in [9.17, 15) is 0 Å². The molecule has 0 N–H and O–H groups in total. The summed E-state index contributed by atoms with van der Waals surface area (Å²) in [6, 6.07) is 7.66. The third-order valence-electron chi connectivity index (χ3n) is 2.21. The molecule has 0 atom stereocenters. The highest BCUT2D eigenvalue weighted by Gasteiger charge is 2.04. The molecule has 16 heavy (non-hydrogen) atoms. The van der Waals surface area contributed by atoms with Crippen molar-refractivity contribution in [3.8, 4) is 5.75 Å². The van der Waals surface area contributed by atoms with Crippen molar-refractivity contribution in [3.63, 3.8) is 0 Å². The van der Waals surface area contributed by atoms with Gasteiger partial charge in [-0.15, -0.1) is 0 Å². The smallest absolute Gasteiger partial charge is 0.147 e. The van der Waals surface area contributed by atoms with E-state index in [1.165, 1.54) is 0 Å². The summed E-state index contributed by atoms with van der Waals surface area (Å²) in [6.07, 6.45) is 1.61. The molecule has 0 saturated heterocycles. The van der Waals surface area contributed by atoms with Gasteiger partial charge in [0.05, 0.1) is 6.20 Å². The number of imidazole rings is 1. The summed E-state index contributed by atoms with van der Waals surface area (Å²) in [6.45, 7) is 0.408. The molecule has 1 heterocycles. The Hall–Kier alpha value is -1.000. The lowest BCUT2D eigenvalue weighted by atomic mass is 10.3.